The van der Waals surface area contributed by atoms with Crippen LogP contribution in [-0.2, 0) is 11.3 Å². The Morgan fingerprint density at radius 2 is 1.95 bits per heavy atom. The van der Waals surface area contributed by atoms with Crippen LogP contribution in [0.5, 0.6) is 0 Å². The van der Waals surface area contributed by atoms with E-state index in [2.05, 4.69) is 5.32 Å². The Hall–Kier alpha value is -2.42. The van der Waals surface area contributed by atoms with E-state index in [1.807, 2.05) is 31.2 Å². The standard InChI is InChI=1S/C17H16FNO/c1-13-5-7-15(8-6-13)12-19-17(20)10-9-14-3-2-4-16(18)11-14/h2-11H,12H2,1H3,(H,19,20)/b10-9+. The average molecular weight is 269 g/mol. The Morgan fingerprint density at radius 1 is 1.20 bits per heavy atom. The fourth-order valence-electron chi connectivity index (χ4n) is 1.74. The van der Waals surface area contributed by atoms with Crippen LogP contribution in [0.3, 0.4) is 0 Å². The Kier molecular flexibility index (Phi) is 4.66. The first-order valence-electron chi connectivity index (χ1n) is 6.40. The van der Waals surface area contributed by atoms with E-state index in [-0.39, 0.29) is 11.7 Å². The molecule has 2 aromatic rings. The first kappa shape index (κ1) is 14.0. The van der Waals surface area contributed by atoms with Crippen molar-refractivity contribution >= 4 is 12.0 Å². The molecule has 102 valence electrons. The SMILES string of the molecule is Cc1ccc(CNC(=O)/C=C/c2cccc(F)c2)cc1. The van der Waals surface area contributed by atoms with Crippen molar-refractivity contribution in [1.29, 1.82) is 0 Å². The first-order valence-corrected chi connectivity index (χ1v) is 6.40. The lowest BCUT2D eigenvalue weighted by atomic mass is 10.1. The molecule has 0 bridgehead atoms. The zero-order valence-electron chi connectivity index (χ0n) is 11.3. The highest BCUT2D eigenvalue weighted by atomic mass is 19.1. The largest absolute Gasteiger partial charge is 0.348 e. The maximum Gasteiger partial charge on any atom is 0.244 e. The molecule has 2 nitrogen and oxygen atoms in total. The molecule has 0 aliphatic heterocycles. The highest BCUT2D eigenvalue weighted by Gasteiger charge is 1.97. The quantitative estimate of drug-likeness (QED) is 0.846. The van der Waals surface area contributed by atoms with Gasteiger partial charge in [-0.1, -0.05) is 42.0 Å². The van der Waals surface area contributed by atoms with Gasteiger partial charge in [-0.05, 0) is 36.3 Å². The number of rotatable bonds is 4. The lowest BCUT2D eigenvalue weighted by Crippen LogP contribution is -2.20. The highest BCUT2D eigenvalue weighted by molar-refractivity contribution is 5.91. The van der Waals surface area contributed by atoms with Gasteiger partial charge in [0, 0.05) is 12.6 Å². The van der Waals surface area contributed by atoms with Gasteiger partial charge in [-0.2, -0.15) is 0 Å². The molecule has 2 rings (SSSR count). The molecule has 1 N–H and O–H groups in total. The molecule has 0 saturated carbocycles. The van der Waals surface area contributed by atoms with Crippen LogP contribution in [0.1, 0.15) is 16.7 Å². The number of hydrogen-bond acceptors (Lipinski definition) is 1. The van der Waals surface area contributed by atoms with Crippen LogP contribution in [0.25, 0.3) is 6.08 Å². The van der Waals surface area contributed by atoms with E-state index in [0.717, 1.165) is 5.56 Å². The van der Waals surface area contributed by atoms with Gasteiger partial charge >= 0.3 is 0 Å². The molecule has 0 aromatic heterocycles. The number of halogens is 1. The normalized spacial score (nSPS) is 10.7. The van der Waals surface area contributed by atoms with Gasteiger partial charge < -0.3 is 5.32 Å². The summed E-state index contributed by atoms with van der Waals surface area (Å²) in [6, 6.07) is 14.1. The van der Waals surface area contributed by atoms with Crippen molar-refractivity contribution in [2.24, 2.45) is 0 Å². The Labute approximate surface area is 118 Å². The second kappa shape index (κ2) is 6.66. The second-order valence-corrected chi connectivity index (χ2v) is 4.59. The third kappa shape index (κ3) is 4.35. The number of carbonyl (C=O) groups is 1. The summed E-state index contributed by atoms with van der Waals surface area (Å²) in [7, 11) is 0. The number of amides is 1. The Morgan fingerprint density at radius 3 is 2.65 bits per heavy atom. The summed E-state index contributed by atoms with van der Waals surface area (Å²) >= 11 is 0. The predicted molar refractivity (Wildman–Crippen MR) is 78.5 cm³/mol. The summed E-state index contributed by atoms with van der Waals surface area (Å²) < 4.78 is 13.0. The molecule has 20 heavy (non-hydrogen) atoms. The van der Waals surface area contributed by atoms with Gasteiger partial charge in [0.05, 0.1) is 0 Å². The van der Waals surface area contributed by atoms with Crippen LogP contribution in [0.15, 0.2) is 54.6 Å². The smallest absolute Gasteiger partial charge is 0.244 e. The third-order valence-corrected chi connectivity index (χ3v) is 2.86. The van der Waals surface area contributed by atoms with E-state index < -0.39 is 0 Å². The minimum atomic E-state index is -0.313. The van der Waals surface area contributed by atoms with Gasteiger partial charge in [-0.15, -0.1) is 0 Å². The van der Waals surface area contributed by atoms with Crippen molar-refractivity contribution in [3.05, 3.63) is 77.1 Å². The molecular formula is C17H16FNO. The molecule has 0 heterocycles. The van der Waals surface area contributed by atoms with Crippen molar-refractivity contribution in [3.63, 3.8) is 0 Å². The fourth-order valence-corrected chi connectivity index (χ4v) is 1.74. The van der Waals surface area contributed by atoms with Crippen LogP contribution < -0.4 is 5.32 Å². The van der Waals surface area contributed by atoms with Gasteiger partial charge in [0.15, 0.2) is 0 Å². The Bertz CT molecular complexity index is 617. The summed E-state index contributed by atoms with van der Waals surface area (Å²) in [4.78, 5) is 11.6. The van der Waals surface area contributed by atoms with Gasteiger partial charge in [-0.25, -0.2) is 4.39 Å². The lowest BCUT2D eigenvalue weighted by molar-refractivity contribution is -0.116. The topological polar surface area (TPSA) is 29.1 Å². The number of carbonyl (C=O) groups excluding carboxylic acids is 1. The molecule has 0 spiro atoms. The van der Waals surface area contributed by atoms with Crippen LogP contribution in [0, 0.1) is 12.7 Å². The monoisotopic (exact) mass is 269 g/mol. The zero-order chi connectivity index (χ0) is 14.4. The molecule has 0 fully saturated rings. The van der Waals surface area contributed by atoms with Crippen LogP contribution in [0.2, 0.25) is 0 Å². The third-order valence-electron chi connectivity index (χ3n) is 2.86. The Balaban J connectivity index is 1.88. The van der Waals surface area contributed by atoms with E-state index in [1.54, 1.807) is 18.2 Å². The van der Waals surface area contributed by atoms with Crippen LogP contribution in [0.4, 0.5) is 4.39 Å². The van der Waals surface area contributed by atoms with Gasteiger partial charge in [0.25, 0.3) is 0 Å². The van der Waals surface area contributed by atoms with Crippen LogP contribution in [-0.4, -0.2) is 5.91 Å². The van der Waals surface area contributed by atoms with Crippen molar-refractivity contribution in [1.82, 2.24) is 5.32 Å². The van der Waals surface area contributed by atoms with Crippen molar-refractivity contribution in [3.8, 4) is 0 Å². The summed E-state index contributed by atoms with van der Waals surface area (Å²) in [5, 5.41) is 2.78. The molecule has 0 unspecified atom stereocenters. The highest BCUT2D eigenvalue weighted by Crippen LogP contribution is 2.05. The van der Waals surface area contributed by atoms with Crippen molar-refractivity contribution in [2.45, 2.75) is 13.5 Å². The van der Waals surface area contributed by atoms with E-state index in [9.17, 15) is 9.18 Å². The van der Waals surface area contributed by atoms with E-state index in [1.165, 1.54) is 23.8 Å². The molecule has 1 amide bonds. The molecular weight excluding hydrogens is 253 g/mol. The number of hydrogen-bond donors (Lipinski definition) is 1. The predicted octanol–water partition coefficient (Wildman–Crippen LogP) is 3.46. The summed E-state index contributed by atoms with van der Waals surface area (Å²) in [6.45, 7) is 2.50. The number of benzene rings is 2. The first-order chi connectivity index (χ1) is 9.63. The summed E-state index contributed by atoms with van der Waals surface area (Å²) in [5.41, 5.74) is 2.89. The summed E-state index contributed by atoms with van der Waals surface area (Å²) in [6.07, 6.45) is 3.00. The van der Waals surface area contributed by atoms with Gasteiger partial charge in [0.1, 0.15) is 5.82 Å². The molecule has 0 radical (unpaired) electrons. The maximum absolute atomic E-state index is 13.0. The van der Waals surface area contributed by atoms with E-state index >= 15 is 0 Å². The molecule has 0 aliphatic carbocycles. The van der Waals surface area contributed by atoms with Gasteiger partial charge in [-0.3, -0.25) is 4.79 Å². The molecule has 3 heteroatoms. The molecule has 2 aromatic carbocycles. The number of aryl methyl sites for hydroxylation is 1. The van der Waals surface area contributed by atoms with Gasteiger partial charge in [0.2, 0.25) is 5.91 Å². The molecule has 0 aliphatic rings. The minimum absolute atomic E-state index is 0.199. The average Bonchev–Trinajstić information content (AvgIpc) is 2.45. The van der Waals surface area contributed by atoms with Crippen LogP contribution >= 0.6 is 0 Å². The van der Waals surface area contributed by atoms with Crippen molar-refractivity contribution in [2.75, 3.05) is 0 Å². The van der Waals surface area contributed by atoms with E-state index in [0.29, 0.717) is 12.1 Å². The second-order valence-electron chi connectivity index (χ2n) is 4.59. The van der Waals surface area contributed by atoms with E-state index in [4.69, 9.17) is 0 Å². The minimum Gasteiger partial charge on any atom is -0.348 e. The molecule has 0 saturated heterocycles. The summed E-state index contributed by atoms with van der Waals surface area (Å²) in [5.74, 6) is -0.512. The number of nitrogens with one attached hydrogen (secondary N) is 1. The fraction of sp³-hybridized carbons (Fsp3) is 0.118. The molecule has 0 atom stereocenters. The zero-order valence-corrected chi connectivity index (χ0v) is 11.3. The lowest BCUT2D eigenvalue weighted by Gasteiger charge is -2.03. The van der Waals surface area contributed by atoms with Crippen molar-refractivity contribution < 1.29 is 9.18 Å². The maximum atomic E-state index is 13.0.